The molecule has 0 aromatic heterocycles. The van der Waals surface area contributed by atoms with Crippen LogP contribution in [-0.4, -0.2) is 6.61 Å². The number of hydrogen-bond acceptors (Lipinski definition) is 1. The van der Waals surface area contributed by atoms with Gasteiger partial charge in [0.25, 0.3) is 0 Å². The lowest BCUT2D eigenvalue weighted by molar-refractivity contribution is 0.255. The maximum atomic E-state index is 5.70. The Morgan fingerprint density at radius 3 is 3.00 bits per heavy atom. The molecule has 74 valence electrons. The summed E-state index contributed by atoms with van der Waals surface area (Å²) in [6.07, 6.45) is 2.56. The van der Waals surface area contributed by atoms with E-state index in [1.165, 1.54) is 22.0 Å². The molecule has 1 fully saturated rings. The predicted molar refractivity (Wildman–Crippen MR) is 64.7 cm³/mol. The highest BCUT2D eigenvalue weighted by atomic mass is 127. The van der Waals surface area contributed by atoms with Crippen LogP contribution in [0.25, 0.3) is 0 Å². The van der Waals surface area contributed by atoms with Crippen LogP contribution in [0.1, 0.15) is 25.3 Å². The third-order valence-electron chi connectivity index (χ3n) is 3.74. The molecule has 0 unspecified atom stereocenters. The van der Waals surface area contributed by atoms with Gasteiger partial charge in [-0.25, -0.2) is 0 Å². The maximum absolute atomic E-state index is 5.70. The molecule has 1 nitrogen and oxygen atoms in total. The molecule has 1 aromatic carbocycles. The van der Waals surface area contributed by atoms with E-state index >= 15 is 0 Å². The molecule has 3 rings (SSSR count). The molecular formula is C12H13IO. The summed E-state index contributed by atoms with van der Waals surface area (Å²) in [6.45, 7) is 3.26. The van der Waals surface area contributed by atoms with Gasteiger partial charge in [0.15, 0.2) is 0 Å². The summed E-state index contributed by atoms with van der Waals surface area (Å²) in [5.41, 5.74) is 1.94. The van der Waals surface area contributed by atoms with Crippen LogP contribution in [0.4, 0.5) is 0 Å². The number of benzene rings is 1. The van der Waals surface area contributed by atoms with E-state index in [0.29, 0.717) is 5.41 Å². The molecule has 1 aliphatic carbocycles. The Hall–Kier alpha value is -0.250. The molecule has 1 heterocycles. The normalized spacial score (nSPS) is 33.7. The van der Waals surface area contributed by atoms with Crippen molar-refractivity contribution in [3.8, 4) is 5.75 Å². The van der Waals surface area contributed by atoms with Gasteiger partial charge in [0.2, 0.25) is 0 Å². The van der Waals surface area contributed by atoms with Crippen LogP contribution >= 0.6 is 22.6 Å². The summed E-state index contributed by atoms with van der Waals surface area (Å²) in [4.78, 5) is 0. The van der Waals surface area contributed by atoms with Crippen LogP contribution in [0.3, 0.4) is 0 Å². The second-order valence-electron chi connectivity index (χ2n) is 4.50. The highest BCUT2D eigenvalue weighted by Crippen LogP contribution is 2.60. The van der Waals surface area contributed by atoms with E-state index < -0.39 is 0 Å². The van der Waals surface area contributed by atoms with Crippen molar-refractivity contribution < 1.29 is 4.74 Å². The molecular weight excluding hydrogens is 287 g/mol. The molecule has 2 heteroatoms. The Kier molecular flexibility index (Phi) is 1.85. The molecule has 1 aliphatic heterocycles. The monoisotopic (exact) mass is 300 g/mol. The first kappa shape index (κ1) is 9.01. The Morgan fingerprint density at radius 2 is 2.29 bits per heavy atom. The van der Waals surface area contributed by atoms with Crippen LogP contribution in [0.15, 0.2) is 18.2 Å². The fourth-order valence-corrected chi connectivity index (χ4v) is 3.20. The smallest absolute Gasteiger partial charge is 0.123 e. The number of fused-ring (bicyclic) bond motifs is 2. The number of ether oxygens (including phenoxy) is 1. The number of rotatable bonds is 0. The predicted octanol–water partition coefficient (Wildman–Crippen LogP) is 3.35. The van der Waals surface area contributed by atoms with Gasteiger partial charge >= 0.3 is 0 Å². The summed E-state index contributed by atoms with van der Waals surface area (Å²) in [5.74, 6) is 1.98. The SMILES string of the molecule is C[C@@H]1C[C@]12CCOc1ccc(I)cc12. The van der Waals surface area contributed by atoms with E-state index in [9.17, 15) is 0 Å². The van der Waals surface area contributed by atoms with Gasteiger partial charge in [-0.2, -0.15) is 0 Å². The molecule has 0 bridgehead atoms. The van der Waals surface area contributed by atoms with Gasteiger partial charge in [0.1, 0.15) is 5.75 Å². The van der Waals surface area contributed by atoms with Crippen LogP contribution in [0, 0.1) is 9.49 Å². The van der Waals surface area contributed by atoms with E-state index in [-0.39, 0.29) is 0 Å². The molecule has 0 N–H and O–H groups in total. The molecule has 1 spiro atoms. The summed E-state index contributed by atoms with van der Waals surface area (Å²) in [5, 5.41) is 0. The van der Waals surface area contributed by atoms with Crippen molar-refractivity contribution in [2.75, 3.05) is 6.61 Å². The summed E-state index contributed by atoms with van der Waals surface area (Å²) in [6, 6.07) is 6.56. The summed E-state index contributed by atoms with van der Waals surface area (Å²) in [7, 11) is 0. The third-order valence-corrected chi connectivity index (χ3v) is 4.41. The van der Waals surface area contributed by atoms with Crippen molar-refractivity contribution in [2.45, 2.75) is 25.2 Å². The first-order chi connectivity index (χ1) is 6.72. The first-order valence-electron chi connectivity index (χ1n) is 5.15. The molecule has 0 amide bonds. The van der Waals surface area contributed by atoms with Crippen LogP contribution < -0.4 is 4.74 Å². The fourth-order valence-electron chi connectivity index (χ4n) is 2.71. The highest BCUT2D eigenvalue weighted by Gasteiger charge is 2.54. The van der Waals surface area contributed by atoms with E-state index in [1.807, 2.05) is 0 Å². The quantitative estimate of drug-likeness (QED) is 0.668. The van der Waals surface area contributed by atoms with E-state index in [1.54, 1.807) is 0 Å². The molecule has 2 aliphatic rings. The zero-order chi connectivity index (χ0) is 9.76. The van der Waals surface area contributed by atoms with Gasteiger partial charge in [-0.15, -0.1) is 0 Å². The third kappa shape index (κ3) is 1.12. The number of halogens is 1. The first-order valence-corrected chi connectivity index (χ1v) is 6.23. The molecule has 1 saturated carbocycles. The van der Waals surface area contributed by atoms with E-state index in [0.717, 1.165) is 18.3 Å². The lowest BCUT2D eigenvalue weighted by atomic mass is 9.88. The van der Waals surface area contributed by atoms with Crippen molar-refractivity contribution in [1.29, 1.82) is 0 Å². The van der Waals surface area contributed by atoms with Crippen molar-refractivity contribution in [1.82, 2.24) is 0 Å². The molecule has 0 saturated heterocycles. The largest absolute Gasteiger partial charge is 0.493 e. The van der Waals surface area contributed by atoms with Crippen molar-refractivity contribution in [2.24, 2.45) is 5.92 Å². The van der Waals surface area contributed by atoms with Crippen LogP contribution in [-0.2, 0) is 5.41 Å². The van der Waals surface area contributed by atoms with Gasteiger partial charge < -0.3 is 4.74 Å². The zero-order valence-corrected chi connectivity index (χ0v) is 10.4. The van der Waals surface area contributed by atoms with Crippen LogP contribution in [0.2, 0.25) is 0 Å². The van der Waals surface area contributed by atoms with E-state index in [2.05, 4.69) is 47.7 Å². The molecule has 0 radical (unpaired) electrons. The maximum Gasteiger partial charge on any atom is 0.123 e. The van der Waals surface area contributed by atoms with Crippen molar-refractivity contribution >= 4 is 22.6 Å². The average Bonchev–Trinajstić information content (AvgIpc) is 2.80. The second-order valence-corrected chi connectivity index (χ2v) is 5.75. The van der Waals surface area contributed by atoms with Gasteiger partial charge in [-0.1, -0.05) is 6.92 Å². The van der Waals surface area contributed by atoms with Gasteiger partial charge in [-0.05, 0) is 59.5 Å². The highest BCUT2D eigenvalue weighted by molar-refractivity contribution is 14.1. The lowest BCUT2D eigenvalue weighted by Gasteiger charge is -2.26. The minimum atomic E-state index is 0.481. The molecule has 2 atom stereocenters. The minimum Gasteiger partial charge on any atom is -0.493 e. The van der Waals surface area contributed by atoms with Crippen molar-refractivity contribution in [3.63, 3.8) is 0 Å². The Balaban J connectivity index is 2.14. The average molecular weight is 300 g/mol. The summed E-state index contributed by atoms with van der Waals surface area (Å²) < 4.78 is 7.02. The summed E-state index contributed by atoms with van der Waals surface area (Å²) >= 11 is 2.38. The van der Waals surface area contributed by atoms with Gasteiger partial charge in [-0.3, -0.25) is 0 Å². The minimum absolute atomic E-state index is 0.481. The van der Waals surface area contributed by atoms with Crippen LogP contribution in [0.5, 0.6) is 5.75 Å². The standard InChI is InChI=1S/C12H13IO/c1-8-7-12(8)4-5-14-11-3-2-9(13)6-10(11)12/h2-3,6,8H,4-5,7H2,1H3/t8-,12-/m1/s1. The molecule has 14 heavy (non-hydrogen) atoms. The van der Waals surface area contributed by atoms with Crippen molar-refractivity contribution in [3.05, 3.63) is 27.3 Å². The zero-order valence-electron chi connectivity index (χ0n) is 8.22. The lowest BCUT2D eigenvalue weighted by Crippen LogP contribution is -2.21. The fraction of sp³-hybridized carbons (Fsp3) is 0.500. The van der Waals surface area contributed by atoms with E-state index in [4.69, 9.17) is 4.74 Å². The Morgan fingerprint density at radius 1 is 1.50 bits per heavy atom. The number of hydrogen-bond donors (Lipinski definition) is 0. The Labute approximate surface area is 98.0 Å². The molecule has 1 aromatic rings. The Bertz CT molecular complexity index is 388. The topological polar surface area (TPSA) is 9.23 Å². The second kappa shape index (κ2) is 2.87. The van der Waals surface area contributed by atoms with Gasteiger partial charge in [0, 0.05) is 14.5 Å². The van der Waals surface area contributed by atoms with Gasteiger partial charge in [0.05, 0.1) is 6.61 Å².